The highest BCUT2D eigenvalue weighted by molar-refractivity contribution is 7.92. The van der Waals surface area contributed by atoms with Crippen LogP contribution in [0.5, 0.6) is 5.75 Å². The van der Waals surface area contributed by atoms with Crippen molar-refractivity contribution < 1.29 is 17.9 Å². The van der Waals surface area contributed by atoms with Crippen LogP contribution >= 0.6 is 22.9 Å². The Kier molecular flexibility index (Phi) is 6.42. The number of hydrogen-bond donors (Lipinski definition) is 2. The van der Waals surface area contributed by atoms with Crippen molar-refractivity contribution in [2.75, 3.05) is 18.2 Å². The first kappa shape index (κ1) is 22.8. The van der Waals surface area contributed by atoms with E-state index in [9.17, 15) is 13.2 Å². The molecule has 6 nitrogen and oxygen atoms in total. The maximum Gasteiger partial charge on any atom is 0.211 e. The Morgan fingerprint density at radius 2 is 1.61 bits per heavy atom. The Hall–Kier alpha value is -3.33. The second-order valence-electron chi connectivity index (χ2n) is 6.98. The van der Waals surface area contributed by atoms with Gasteiger partial charge in [0.05, 0.1) is 28.4 Å². The zero-order valence-corrected chi connectivity index (χ0v) is 19.8. The minimum atomic E-state index is -4.08. The molecule has 4 rings (SSSR count). The van der Waals surface area contributed by atoms with Gasteiger partial charge in [0.1, 0.15) is 20.5 Å². The topological polar surface area (TPSA) is 98.5 Å². The van der Waals surface area contributed by atoms with Gasteiger partial charge in [0.15, 0.2) is 0 Å². The van der Waals surface area contributed by atoms with E-state index in [2.05, 4.69) is 5.32 Å². The predicted molar refractivity (Wildman–Crippen MR) is 132 cm³/mol. The van der Waals surface area contributed by atoms with Gasteiger partial charge in [0.2, 0.25) is 15.6 Å². The van der Waals surface area contributed by atoms with E-state index in [4.69, 9.17) is 22.1 Å². The van der Waals surface area contributed by atoms with E-state index in [1.54, 1.807) is 66.7 Å². The van der Waals surface area contributed by atoms with Gasteiger partial charge in [0, 0.05) is 5.56 Å². The van der Waals surface area contributed by atoms with Crippen molar-refractivity contribution in [1.82, 2.24) is 0 Å². The van der Waals surface area contributed by atoms with Crippen molar-refractivity contribution >= 4 is 54.9 Å². The van der Waals surface area contributed by atoms with Crippen LogP contribution in [0.4, 0.5) is 16.4 Å². The number of ketones is 1. The lowest BCUT2D eigenvalue weighted by molar-refractivity contribution is 0.104. The molecule has 1 heterocycles. The number of carbonyl (C=O) groups is 1. The smallest absolute Gasteiger partial charge is 0.211 e. The summed E-state index contributed by atoms with van der Waals surface area (Å²) in [7, 11) is -2.59. The summed E-state index contributed by atoms with van der Waals surface area (Å²) in [6, 6.07) is 21.4. The Balaban J connectivity index is 1.89. The van der Waals surface area contributed by atoms with Gasteiger partial charge in [-0.25, -0.2) is 8.42 Å². The van der Waals surface area contributed by atoms with E-state index in [0.29, 0.717) is 22.0 Å². The standard InChI is InChI=1S/C24H19ClN2O4S2/c1-31-16-11-13-17(14-12-16)33(29,30)23-20(26)22(21(28)15-7-3-2-4-8-15)32-24(23)27-19-10-6-5-9-18(19)25/h2-14,27H,26H2,1H3. The number of nitrogens with one attached hydrogen (secondary N) is 1. The molecule has 0 spiro atoms. The third-order valence-electron chi connectivity index (χ3n) is 4.90. The molecule has 0 aliphatic heterocycles. The Morgan fingerprint density at radius 1 is 0.970 bits per heavy atom. The molecule has 0 amide bonds. The van der Waals surface area contributed by atoms with E-state index in [-0.39, 0.29) is 31.1 Å². The summed E-state index contributed by atoms with van der Waals surface area (Å²) < 4.78 is 32.4. The van der Waals surface area contributed by atoms with Crippen LogP contribution in [0.15, 0.2) is 88.7 Å². The molecule has 0 radical (unpaired) electrons. The van der Waals surface area contributed by atoms with Gasteiger partial charge in [-0.1, -0.05) is 54.1 Å². The van der Waals surface area contributed by atoms with E-state index < -0.39 is 9.84 Å². The van der Waals surface area contributed by atoms with Crippen molar-refractivity contribution in [3.05, 3.63) is 94.3 Å². The number of para-hydroxylation sites is 1. The van der Waals surface area contributed by atoms with Gasteiger partial charge in [0.25, 0.3) is 0 Å². The van der Waals surface area contributed by atoms with Gasteiger partial charge in [-0.3, -0.25) is 4.79 Å². The summed E-state index contributed by atoms with van der Waals surface area (Å²) in [5.41, 5.74) is 7.11. The van der Waals surface area contributed by atoms with Crippen LogP contribution in [0, 0.1) is 0 Å². The summed E-state index contributed by atoms with van der Waals surface area (Å²) in [4.78, 5) is 13.1. The zero-order valence-electron chi connectivity index (χ0n) is 17.4. The van der Waals surface area contributed by atoms with Crippen molar-refractivity contribution in [2.45, 2.75) is 9.79 Å². The second-order valence-corrected chi connectivity index (χ2v) is 10.3. The molecule has 4 aromatic rings. The van der Waals surface area contributed by atoms with Gasteiger partial charge >= 0.3 is 0 Å². The van der Waals surface area contributed by atoms with Crippen molar-refractivity contribution in [1.29, 1.82) is 0 Å². The molecule has 33 heavy (non-hydrogen) atoms. The minimum Gasteiger partial charge on any atom is -0.497 e. The van der Waals surface area contributed by atoms with Crippen LogP contribution in [-0.2, 0) is 9.84 Å². The molecule has 0 unspecified atom stereocenters. The average molecular weight is 499 g/mol. The number of sulfone groups is 1. The first-order valence-corrected chi connectivity index (χ1v) is 12.4. The van der Waals surface area contributed by atoms with Crippen LogP contribution in [0.3, 0.4) is 0 Å². The fraction of sp³-hybridized carbons (Fsp3) is 0.0417. The maximum absolute atomic E-state index is 13.6. The van der Waals surface area contributed by atoms with E-state index in [1.807, 2.05) is 0 Å². The minimum absolute atomic E-state index is 0.0220. The number of nitrogens with two attached hydrogens (primary N) is 1. The maximum atomic E-state index is 13.6. The molecule has 0 fully saturated rings. The van der Waals surface area contributed by atoms with Gasteiger partial charge < -0.3 is 15.8 Å². The molecule has 0 bridgehead atoms. The fourth-order valence-corrected chi connectivity index (χ4v) is 6.33. The monoisotopic (exact) mass is 498 g/mol. The molecule has 1 aromatic heterocycles. The molecule has 9 heteroatoms. The SMILES string of the molecule is COc1ccc(S(=O)(=O)c2c(Nc3ccccc3Cl)sc(C(=O)c3ccccc3)c2N)cc1. The molecule has 0 saturated carbocycles. The lowest BCUT2D eigenvalue weighted by Gasteiger charge is -2.11. The van der Waals surface area contributed by atoms with E-state index in [1.165, 1.54) is 19.2 Å². The van der Waals surface area contributed by atoms with Crippen LogP contribution < -0.4 is 15.8 Å². The molecule has 0 atom stereocenters. The highest BCUT2D eigenvalue weighted by Gasteiger charge is 2.32. The normalized spacial score (nSPS) is 11.2. The molecule has 3 N–H and O–H groups in total. The zero-order chi connectivity index (χ0) is 23.6. The number of anilines is 3. The lowest BCUT2D eigenvalue weighted by Crippen LogP contribution is -2.08. The average Bonchev–Trinajstić information content (AvgIpc) is 3.17. The van der Waals surface area contributed by atoms with Crippen molar-refractivity contribution in [2.24, 2.45) is 0 Å². The molecule has 3 aromatic carbocycles. The van der Waals surface area contributed by atoms with Gasteiger partial charge in [-0.05, 0) is 36.4 Å². The Morgan fingerprint density at radius 3 is 2.24 bits per heavy atom. The van der Waals surface area contributed by atoms with Crippen molar-refractivity contribution in [3.8, 4) is 5.75 Å². The number of halogens is 1. The first-order valence-electron chi connectivity index (χ1n) is 9.75. The number of hydrogen-bond acceptors (Lipinski definition) is 7. The third kappa shape index (κ3) is 4.45. The summed E-state index contributed by atoms with van der Waals surface area (Å²) in [6.45, 7) is 0. The Labute approximate surface area is 200 Å². The number of thiophene rings is 1. The van der Waals surface area contributed by atoms with E-state index >= 15 is 0 Å². The summed E-state index contributed by atoms with van der Waals surface area (Å²) in [6.07, 6.45) is 0. The molecule has 0 saturated heterocycles. The molecular formula is C24H19ClN2O4S2. The predicted octanol–water partition coefficient (Wildman–Crippen LogP) is 5.80. The highest BCUT2D eigenvalue weighted by Crippen LogP contribution is 2.44. The largest absolute Gasteiger partial charge is 0.497 e. The number of rotatable bonds is 7. The quantitative estimate of drug-likeness (QED) is 0.312. The first-order chi connectivity index (χ1) is 15.8. The second kappa shape index (κ2) is 9.27. The lowest BCUT2D eigenvalue weighted by atomic mass is 10.1. The summed E-state index contributed by atoms with van der Waals surface area (Å²) in [5, 5.41) is 3.66. The molecular weight excluding hydrogens is 480 g/mol. The van der Waals surface area contributed by atoms with Gasteiger partial charge in [-0.2, -0.15) is 0 Å². The number of benzene rings is 3. The van der Waals surface area contributed by atoms with Crippen molar-refractivity contribution in [3.63, 3.8) is 0 Å². The summed E-state index contributed by atoms with van der Waals surface area (Å²) in [5.74, 6) is 0.151. The summed E-state index contributed by atoms with van der Waals surface area (Å²) >= 11 is 7.25. The number of carbonyl (C=O) groups excluding carboxylic acids is 1. The Bertz CT molecular complexity index is 1420. The number of ether oxygens (including phenoxy) is 1. The number of nitrogen functional groups attached to an aromatic ring is 1. The van der Waals surface area contributed by atoms with Crippen LogP contribution in [0.25, 0.3) is 0 Å². The molecule has 0 aliphatic carbocycles. The van der Waals surface area contributed by atoms with Gasteiger partial charge in [-0.15, -0.1) is 11.3 Å². The fourth-order valence-electron chi connectivity index (χ4n) is 3.22. The van der Waals surface area contributed by atoms with E-state index in [0.717, 1.165) is 11.3 Å². The molecule has 168 valence electrons. The van der Waals surface area contributed by atoms with Crippen LogP contribution in [0.1, 0.15) is 15.2 Å². The van der Waals surface area contributed by atoms with Crippen LogP contribution in [-0.4, -0.2) is 21.3 Å². The van der Waals surface area contributed by atoms with Crippen LogP contribution in [0.2, 0.25) is 5.02 Å². The number of methoxy groups -OCH3 is 1. The highest BCUT2D eigenvalue weighted by atomic mass is 35.5. The molecule has 0 aliphatic rings. The third-order valence-corrected chi connectivity index (χ3v) is 8.34.